The summed E-state index contributed by atoms with van der Waals surface area (Å²) in [5.74, 6) is 0.857. The molecule has 5 heteroatoms. The Bertz CT molecular complexity index is 573. The quantitative estimate of drug-likeness (QED) is 0.770. The van der Waals surface area contributed by atoms with Gasteiger partial charge in [-0.2, -0.15) is 0 Å². The van der Waals surface area contributed by atoms with Crippen molar-refractivity contribution in [1.29, 1.82) is 0 Å². The van der Waals surface area contributed by atoms with Crippen molar-refractivity contribution < 1.29 is 4.74 Å². The second-order valence-electron chi connectivity index (χ2n) is 4.62. The first kappa shape index (κ1) is 15.8. The fourth-order valence-corrected chi connectivity index (χ4v) is 3.22. The molecule has 2 aromatic rings. The van der Waals surface area contributed by atoms with Crippen LogP contribution in [-0.2, 0) is 13.0 Å². The normalized spacial score (nSPS) is 12.4. The molecule has 108 valence electrons. The van der Waals surface area contributed by atoms with Crippen molar-refractivity contribution in [3.63, 3.8) is 0 Å². The predicted molar refractivity (Wildman–Crippen MR) is 89.8 cm³/mol. The molecule has 0 aliphatic heterocycles. The smallest absolute Gasteiger partial charge is 0.122 e. The van der Waals surface area contributed by atoms with Crippen LogP contribution in [0.15, 0.2) is 34.8 Å². The highest BCUT2D eigenvalue weighted by Crippen LogP contribution is 2.26. The number of rotatable bonds is 6. The summed E-state index contributed by atoms with van der Waals surface area (Å²) < 4.78 is 7.67. The molecule has 2 rings (SSSR count). The zero-order valence-corrected chi connectivity index (χ0v) is 14.4. The summed E-state index contributed by atoms with van der Waals surface area (Å²) in [7, 11) is 0. The van der Waals surface area contributed by atoms with E-state index in [0.29, 0.717) is 6.61 Å². The molecule has 0 bridgehead atoms. The van der Waals surface area contributed by atoms with Gasteiger partial charge in [-0.25, -0.2) is 0 Å². The SMILES string of the molecule is CCC(N)Cc1cc(OCc2ccc(Cl)s2)ccc1Br. The molecule has 0 fully saturated rings. The number of hydrogen-bond donors (Lipinski definition) is 1. The van der Waals surface area contributed by atoms with Gasteiger partial charge in [0.15, 0.2) is 0 Å². The first-order chi connectivity index (χ1) is 9.58. The maximum Gasteiger partial charge on any atom is 0.122 e. The first-order valence-corrected chi connectivity index (χ1v) is 8.48. The highest BCUT2D eigenvalue weighted by atomic mass is 79.9. The van der Waals surface area contributed by atoms with Crippen LogP contribution in [0.2, 0.25) is 4.34 Å². The Morgan fingerprint density at radius 3 is 2.80 bits per heavy atom. The third-order valence-electron chi connectivity index (χ3n) is 3.03. The van der Waals surface area contributed by atoms with E-state index in [1.807, 2.05) is 24.3 Å². The molecule has 0 spiro atoms. The Hall–Kier alpha value is -0.550. The molecule has 2 nitrogen and oxygen atoms in total. The van der Waals surface area contributed by atoms with Crippen molar-refractivity contribution in [3.05, 3.63) is 49.6 Å². The summed E-state index contributed by atoms with van der Waals surface area (Å²) in [6, 6.07) is 10.1. The largest absolute Gasteiger partial charge is 0.488 e. The number of halogens is 2. The maximum absolute atomic E-state index is 6.02. The van der Waals surface area contributed by atoms with Crippen LogP contribution < -0.4 is 10.5 Å². The van der Waals surface area contributed by atoms with E-state index in [0.717, 1.165) is 32.3 Å². The molecule has 20 heavy (non-hydrogen) atoms. The van der Waals surface area contributed by atoms with Crippen LogP contribution in [0.25, 0.3) is 0 Å². The summed E-state index contributed by atoms with van der Waals surface area (Å²) in [5, 5.41) is 0. The van der Waals surface area contributed by atoms with Gasteiger partial charge in [-0.15, -0.1) is 11.3 Å². The van der Waals surface area contributed by atoms with Gasteiger partial charge in [0, 0.05) is 15.4 Å². The molecule has 0 aliphatic carbocycles. The van der Waals surface area contributed by atoms with Gasteiger partial charge in [0.05, 0.1) is 4.34 Å². The molecular weight excluding hydrogens is 358 g/mol. The van der Waals surface area contributed by atoms with Crippen molar-refractivity contribution in [2.24, 2.45) is 5.73 Å². The summed E-state index contributed by atoms with van der Waals surface area (Å²) in [6.45, 7) is 2.64. The van der Waals surface area contributed by atoms with Gasteiger partial charge in [0.1, 0.15) is 12.4 Å². The van der Waals surface area contributed by atoms with E-state index in [-0.39, 0.29) is 6.04 Å². The van der Waals surface area contributed by atoms with Crippen LogP contribution in [0, 0.1) is 0 Å². The molecule has 1 aromatic carbocycles. The monoisotopic (exact) mass is 373 g/mol. The summed E-state index contributed by atoms with van der Waals surface area (Å²) in [4.78, 5) is 1.12. The minimum absolute atomic E-state index is 0.178. The van der Waals surface area contributed by atoms with E-state index in [1.54, 1.807) is 0 Å². The van der Waals surface area contributed by atoms with E-state index in [1.165, 1.54) is 16.9 Å². The molecule has 0 aliphatic rings. The predicted octanol–water partition coefficient (Wildman–Crippen LogP) is 5.02. The molecule has 0 saturated heterocycles. The van der Waals surface area contributed by atoms with Crippen molar-refractivity contribution >= 4 is 38.9 Å². The summed E-state index contributed by atoms with van der Waals surface area (Å²) in [5.41, 5.74) is 7.20. The lowest BCUT2D eigenvalue weighted by Gasteiger charge is -2.12. The lowest BCUT2D eigenvalue weighted by atomic mass is 10.0. The summed E-state index contributed by atoms with van der Waals surface area (Å²) in [6.07, 6.45) is 1.81. The van der Waals surface area contributed by atoms with Crippen LogP contribution in [0.4, 0.5) is 0 Å². The molecule has 1 unspecified atom stereocenters. The van der Waals surface area contributed by atoms with E-state index in [2.05, 4.69) is 28.9 Å². The van der Waals surface area contributed by atoms with Crippen LogP contribution in [0.3, 0.4) is 0 Å². The first-order valence-electron chi connectivity index (χ1n) is 6.49. The molecule has 2 N–H and O–H groups in total. The Morgan fingerprint density at radius 2 is 2.15 bits per heavy atom. The average molecular weight is 375 g/mol. The zero-order chi connectivity index (χ0) is 14.5. The molecule has 1 aromatic heterocycles. The fourth-order valence-electron chi connectivity index (χ4n) is 1.81. The average Bonchev–Trinajstić information content (AvgIpc) is 2.85. The van der Waals surface area contributed by atoms with Crippen molar-refractivity contribution in [3.8, 4) is 5.75 Å². The highest BCUT2D eigenvalue weighted by molar-refractivity contribution is 9.10. The van der Waals surface area contributed by atoms with Crippen LogP contribution in [0.5, 0.6) is 5.75 Å². The van der Waals surface area contributed by atoms with Gasteiger partial charge in [-0.05, 0) is 48.7 Å². The second-order valence-corrected chi connectivity index (χ2v) is 7.27. The molecule has 0 saturated carbocycles. The van der Waals surface area contributed by atoms with E-state index < -0.39 is 0 Å². The number of thiophene rings is 1. The molecular formula is C15H17BrClNOS. The van der Waals surface area contributed by atoms with Crippen molar-refractivity contribution in [2.75, 3.05) is 0 Å². The minimum Gasteiger partial charge on any atom is -0.488 e. The van der Waals surface area contributed by atoms with Gasteiger partial charge < -0.3 is 10.5 Å². The van der Waals surface area contributed by atoms with Crippen molar-refractivity contribution in [2.45, 2.75) is 32.4 Å². The van der Waals surface area contributed by atoms with Gasteiger partial charge in [0.2, 0.25) is 0 Å². The van der Waals surface area contributed by atoms with Crippen molar-refractivity contribution in [1.82, 2.24) is 0 Å². The maximum atomic E-state index is 6.02. The van der Waals surface area contributed by atoms with Crippen LogP contribution >= 0.6 is 38.9 Å². The molecule has 0 amide bonds. The Labute approximate surface area is 137 Å². The number of benzene rings is 1. The van der Waals surface area contributed by atoms with E-state index >= 15 is 0 Å². The topological polar surface area (TPSA) is 35.2 Å². The van der Waals surface area contributed by atoms with E-state index in [9.17, 15) is 0 Å². The minimum atomic E-state index is 0.178. The zero-order valence-electron chi connectivity index (χ0n) is 11.2. The second kappa shape index (κ2) is 7.46. The molecule has 1 atom stereocenters. The Balaban J connectivity index is 2.03. The highest BCUT2D eigenvalue weighted by Gasteiger charge is 2.07. The lowest BCUT2D eigenvalue weighted by Crippen LogP contribution is -2.21. The Morgan fingerprint density at radius 1 is 1.35 bits per heavy atom. The standard InChI is InChI=1S/C15H17BrClNOS/c1-2-11(18)7-10-8-12(3-5-14(10)16)19-9-13-4-6-15(17)20-13/h3-6,8,11H,2,7,9,18H2,1H3. The van der Waals surface area contributed by atoms with E-state index in [4.69, 9.17) is 22.1 Å². The van der Waals surface area contributed by atoms with Gasteiger partial charge in [-0.1, -0.05) is 34.5 Å². The van der Waals surface area contributed by atoms with Crippen LogP contribution in [0.1, 0.15) is 23.8 Å². The molecule has 0 radical (unpaired) electrons. The third-order valence-corrected chi connectivity index (χ3v) is 5.01. The number of ether oxygens (including phenoxy) is 1. The third kappa shape index (κ3) is 4.48. The Kier molecular flexibility index (Phi) is 5.90. The van der Waals surface area contributed by atoms with Gasteiger partial charge in [0.25, 0.3) is 0 Å². The van der Waals surface area contributed by atoms with Crippen LogP contribution in [-0.4, -0.2) is 6.04 Å². The fraction of sp³-hybridized carbons (Fsp3) is 0.333. The lowest BCUT2D eigenvalue weighted by molar-refractivity contribution is 0.309. The summed E-state index contributed by atoms with van der Waals surface area (Å²) >= 11 is 11.0. The van der Waals surface area contributed by atoms with Gasteiger partial charge in [-0.3, -0.25) is 0 Å². The van der Waals surface area contributed by atoms with Gasteiger partial charge >= 0.3 is 0 Å². The number of hydrogen-bond acceptors (Lipinski definition) is 3. The number of nitrogens with two attached hydrogens (primary N) is 1. The molecule has 1 heterocycles.